The zero-order chi connectivity index (χ0) is 19.8. The normalized spacial score (nSPS) is 10.0. The fraction of sp³-hybridized carbons (Fsp3) is 0.143. The Morgan fingerprint density at radius 3 is 2.64 bits per heavy atom. The summed E-state index contributed by atoms with van der Waals surface area (Å²) in [7, 11) is 0. The first kappa shape index (κ1) is 18.9. The van der Waals surface area contributed by atoms with E-state index in [1.807, 2.05) is 48.5 Å². The van der Waals surface area contributed by atoms with Gasteiger partial charge < -0.3 is 15.4 Å². The van der Waals surface area contributed by atoms with Crippen LogP contribution in [0.5, 0.6) is 5.88 Å². The third-order valence-corrected chi connectivity index (χ3v) is 3.82. The van der Waals surface area contributed by atoms with Gasteiger partial charge >= 0.3 is 0 Å². The van der Waals surface area contributed by atoms with Crippen molar-refractivity contribution in [3.8, 4) is 11.9 Å². The monoisotopic (exact) mass is 373 g/mol. The fourth-order valence-electron chi connectivity index (χ4n) is 2.53. The Kier molecular flexibility index (Phi) is 6.16. The number of aromatic nitrogens is 2. The van der Waals surface area contributed by atoms with E-state index < -0.39 is 0 Å². The number of rotatable bonds is 7. The zero-order valence-corrected chi connectivity index (χ0v) is 15.3. The van der Waals surface area contributed by atoms with Crippen molar-refractivity contribution in [3.05, 3.63) is 77.7 Å². The Labute approximate surface area is 163 Å². The van der Waals surface area contributed by atoms with Crippen LogP contribution < -0.4 is 15.4 Å². The van der Waals surface area contributed by atoms with Crippen LogP contribution in [-0.2, 0) is 6.54 Å². The lowest BCUT2D eigenvalue weighted by Gasteiger charge is -2.14. The van der Waals surface area contributed by atoms with Crippen molar-refractivity contribution in [2.24, 2.45) is 0 Å². The van der Waals surface area contributed by atoms with E-state index in [1.54, 1.807) is 19.2 Å². The van der Waals surface area contributed by atoms with Gasteiger partial charge in [0.25, 0.3) is 5.91 Å². The van der Waals surface area contributed by atoms with E-state index in [0.717, 1.165) is 11.4 Å². The molecule has 0 bridgehead atoms. The summed E-state index contributed by atoms with van der Waals surface area (Å²) in [6.07, 6.45) is 1.66. The molecule has 1 amide bonds. The molecule has 0 aliphatic rings. The average molecular weight is 373 g/mol. The summed E-state index contributed by atoms with van der Waals surface area (Å²) in [6.45, 7) is 2.39. The molecule has 28 heavy (non-hydrogen) atoms. The molecular formula is C21H19N5O2. The number of ether oxygens (including phenoxy) is 1. The highest BCUT2D eigenvalue weighted by Gasteiger charge is 2.18. The quantitative estimate of drug-likeness (QED) is 0.658. The van der Waals surface area contributed by atoms with Gasteiger partial charge in [-0.2, -0.15) is 5.26 Å². The van der Waals surface area contributed by atoms with E-state index in [2.05, 4.69) is 26.7 Å². The summed E-state index contributed by atoms with van der Waals surface area (Å²) in [5.41, 5.74) is 2.36. The SMILES string of the molecule is CCOc1nc(C(=O)NCc2ccccn2)cc(Nc2ccccc2)c1C#N. The molecule has 7 heteroatoms. The third kappa shape index (κ3) is 4.62. The zero-order valence-electron chi connectivity index (χ0n) is 15.3. The van der Waals surface area contributed by atoms with Gasteiger partial charge in [0, 0.05) is 11.9 Å². The van der Waals surface area contributed by atoms with Crippen LogP contribution in [-0.4, -0.2) is 22.5 Å². The molecule has 0 unspecified atom stereocenters. The molecule has 1 aromatic carbocycles. The Morgan fingerprint density at radius 2 is 1.96 bits per heavy atom. The maximum absolute atomic E-state index is 12.6. The molecule has 0 saturated heterocycles. The minimum atomic E-state index is -0.382. The van der Waals surface area contributed by atoms with Crippen LogP contribution in [0.1, 0.15) is 28.7 Å². The predicted octanol–water partition coefficient (Wildman–Crippen LogP) is 3.42. The fourth-order valence-corrected chi connectivity index (χ4v) is 2.53. The molecule has 0 radical (unpaired) electrons. The Morgan fingerprint density at radius 1 is 1.18 bits per heavy atom. The van der Waals surface area contributed by atoms with Crippen molar-refractivity contribution in [1.29, 1.82) is 5.26 Å². The average Bonchev–Trinajstić information content (AvgIpc) is 2.73. The van der Waals surface area contributed by atoms with Gasteiger partial charge in [-0.15, -0.1) is 0 Å². The number of nitriles is 1. The van der Waals surface area contributed by atoms with Crippen molar-refractivity contribution in [3.63, 3.8) is 0 Å². The van der Waals surface area contributed by atoms with Gasteiger partial charge in [0.1, 0.15) is 17.3 Å². The molecule has 0 fully saturated rings. The minimum absolute atomic E-state index is 0.119. The van der Waals surface area contributed by atoms with E-state index >= 15 is 0 Å². The highest BCUT2D eigenvalue weighted by atomic mass is 16.5. The number of carbonyl (C=O) groups is 1. The molecule has 2 heterocycles. The number of hydrogen-bond donors (Lipinski definition) is 2. The number of nitrogens with one attached hydrogen (secondary N) is 2. The van der Waals surface area contributed by atoms with E-state index in [1.165, 1.54) is 0 Å². The lowest BCUT2D eigenvalue weighted by Crippen LogP contribution is -2.24. The first-order chi connectivity index (χ1) is 13.7. The molecule has 7 nitrogen and oxygen atoms in total. The van der Waals surface area contributed by atoms with E-state index in [9.17, 15) is 10.1 Å². The molecule has 2 N–H and O–H groups in total. The first-order valence-corrected chi connectivity index (χ1v) is 8.79. The second-order valence-corrected chi connectivity index (χ2v) is 5.77. The maximum atomic E-state index is 12.6. The second-order valence-electron chi connectivity index (χ2n) is 5.77. The molecule has 2 aromatic heterocycles. The van der Waals surface area contributed by atoms with Gasteiger partial charge in [0.05, 0.1) is 24.5 Å². The Bertz CT molecular complexity index is 985. The predicted molar refractivity (Wildman–Crippen MR) is 105 cm³/mol. The first-order valence-electron chi connectivity index (χ1n) is 8.79. The number of benzene rings is 1. The van der Waals surface area contributed by atoms with Gasteiger partial charge in [-0.3, -0.25) is 9.78 Å². The van der Waals surface area contributed by atoms with Gasteiger partial charge in [-0.25, -0.2) is 4.98 Å². The molecular weight excluding hydrogens is 354 g/mol. The van der Waals surface area contributed by atoms with Crippen LogP contribution in [0.15, 0.2) is 60.8 Å². The summed E-state index contributed by atoms with van der Waals surface area (Å²) in [5, 5.41) is 15.5. The molecule has 3 aromatic rings. The van der Waals surface area contributed by atoms with Crippen molar-refractivity contribution >= 4 is 17.3 Å². The van der Waals surface area contributed by atoms with Crippen LogP contribution in [0.2, 0.25) is 0 Å². The van der Waals surface area contributed by atoms with Crippen molar-refractivity contribution in [2.75, 3.05) is 11.9 Å². The molecule has 3 rings (SSSR count). The molecule has 0 aliphatic heterocycles. The number of anilines is 2. The highest BCUT2D eigenvalue weighted by Crippen LogP contribution is 2.28. The summed E-state index contributed by atoms with van der Waals surface area (Å²) >= 11 is 0. The molecule has 0 spiro atoms. The standard InChI is InChI=1S/C21H19N5O2/c1-2-28-21-17(13-22)18(25-15-8-4-3-5-9-15)12-19(26-21)20(27)24-14-16-10-6-7-11-23-16/h3-12H,2,14H2,1H3,(H,24,27)(H,25,26). The van der Waals surface area contributed by atoms with Crippen LogP contribution in [0.25, 0.3) is 0 Å². The van der Waals surface area contributed by atoms with E-state index in [-0.39, 0.29) is 29.6 Å². The van der Waals surface area contributed by atoms with E-state index in [0.29, 0.717) is 12.3 Å². The lowest BCUT2D eigenvalue weighted by atomic mass is 10.2. The number of para-hydroxylation sites is 1. The van der Waals surface area contributed by atoms with Crippen LogP contribution >= 0.6 is 0 Å². The van der Waals surface area contributed by atoms with E-state index in [4.69, 9.17) is 4.74 Å². The highest BCUT2D eigenvalue weighted by molar-refractivity contribution is 5.94. The lowest BCUT2D eigenvalue weighted by molar-refractivity contribution is 0.0944. The number of pyridine rings is 2. The summed E-state index contributed by atoms with van der Waals surface area (Å²) in [6, 6.07) is 18.5. The number of hydrogen-bond acceptors (Lipinski definition) is 6. The van der Waals surface area contributed by atoms with Crippen molar-refractivity contribution in [1.82, 2.24) is 15.3 Å². The number of carbonyl (C=O) groups excluding carboxylic acids is 1. The topological polar surface area (TPSA) is 99.9 Å². The minimum Gasteiger partial charge on any atom is -0.477 e. The smallest absolute Gasteiger partial charge is 0.270 e. The molecule has 0 saturated carbocycles. The maximum Gasteiger partial charge on any atom is 0.270 e. The van der Waals surface area contributed by atoms with Crippen molar-refractivity contribution in [2.45, 2.75) is 13.5 Å². The van der Waals surface area contributed by atoms with Gasteiger partial charge in [-0.05, 0) is 37.3 Å². The second kappa shape index (κ2) is 9.14. The molecule has 0 aliphatic carbocycles. The summed E-state index contributed by atoms with van der Waals surface area (Å²) in [5.74, 6) is -0.263. The molecule has 140 valence electrons. The molecule has 0 atom stereocenters. The summed E-state index contributed by atoms with van der Waals surface area (Å²) in [4.78, 5) is 21.0. The van der Waals surface area contributed by atoms with Gasteiger partial charge in [0.15, 0.2) is 0 Å². The number of amides is 1. The van der Waals surface area contributed by atoms with Crippen molar-refractivity contribution < 1.29 is 9.53 Å². The third-order valence-electron chi connectivity index (χ3n) is 3.82. The number of nitrogens with zero attached hydrogens (tertiary/aromatic N) is 3. The van der Waals surface area contributed by atoms with Crippen LogP contribution in [0.4, 0.5) is 11.4 Å². The van der Waals surface area contributed by atoms with Crippen LogP contribution in [0, 0.1) is 11.3 Å². The van der Waals surface area contributed by atoms with Crippen LogP contribution in [0.3, 0.4) is 0 Å². The van der Waals surface area contributed by atoms with Gasteiger partial charge in [-0.1, -0.05) is 24.3 Å². The Balaban J connectivity index is 1.89. The largest absolute Gasteiger partial charge is 0.477 e. The Hall–Kier alpha value is -3.92. The van der Waals surface area contributed by atoms with Gasteiger partial charge in [0.2, 0.25) is 5.88 Å². The summed E-state index contributed by atoms with van der Waals surface area (Å²) < 4.78 is 5.49.